The van der Waals surface area contributed by atoms with Gasteiger partial charge in [0.15, 0.2) is 0 Å². The topological polar surface area (TPSA) is 47.3 Å². The predicted octanol–water partition coefficient (Wildman–Crippen LogP) is 0.882. The van der Waals surface area contributed by atoms with E-state index >= 15 is 0 Å². The fourth-order valence-corrected chi connectivity index (χ4v) is 1.96. The Kier molecular flexibility index (Phi) is 3.33. The second kappa shape index (κ2) is 3.95. The van der Waals surface area contributed by atoms with Gasteiger partial charge in [0.1, 0.15) is 0 Å². The van der Waals surface area contributed by atoms with E-state index in [1.54, 1.807) is 0 Å². The van der Waals surface area contributed by atoms with Gasteiger partial charge in [0.05, 0.1) is 12.1 Å². The second-order valence-electron chi connectivity index (χ2n) is 5.02. The molecule has 3 heteroatoms. The van der Waals surface area contributed by atoms with E-state index in [0.717, 1.165) is 26.1 Å². The quantitative estimate of drug-likeness (QED) is 0.673. The fraction of sp³-hybridized carbons (Fsp3) is 1.00. The van der Waals surface area contributed by atoms with Gasteiger partial charge in [0.25, 0.3) is 0 Å². The van der Waals surface area contributed by atoms with Crippen LogP contribution in [0.25, 0.3) is 0 Å². The maximum absolute atomic E-state index is 5.80. The van der Waals surface area contributed by atoms with Crippen LogP contribution in [-0.4, -0.2) is 30.8 Å². The molecular weight excluding hydrogens is 164 g/mol. The molecule has 1 atom stereocenters. The van der Waals surface area contributed by atoms with Crippen molar-refractivity contribution in [3.05, 3.63) is 0 Å². The molecule has 3 N–H and O–H groups in total. The Labute approximate surface area is 81.0 Å². The lowest BCUT2D eigenvalue weighted by atomic mass is 9.89. The zero-order valence-corrected chi connectivity index (χ0v) is 9.02. The van der Waals surface area contributed by atoms with Gasteiger partial charge in [-0.05, 0) is 33.6 Å². The van der Waals surface area contributed by atoms with Crippen molar-refractivity contribution in [1.82, 2.24) is 5.32 Å². The van der Waals surface area contributed by atoms with Crippen LogP contribution in [0.1, 0.15) is 33.6 Å². The number of ether oxygens (including phenoxy) is 1. The van der Waals surface area contributed by atoms with Gasteiger partial charge < -0.3 is 15.8 Å². The van der Waals surface area contributed by atoms with Gasteiger partial charge in [-0.2, -0.15) is 0 Å². The van der Waals surface area contributed by atoms with Gasteiger partial charge in [0.2, 0.25) is 0 Å². The summed E-state index contributed by atoms with van der Waals surface area (Å²) in [7, 11) is 0. The van der Waals surface area contributed by atoms with E-state index in [9.17, 15) is 0 Å². The Balaban J connectivity index is 2.57. The first-order valence-electron chi connectivity index (χ1n) is 5.05. The molecule has 1 unspecified atom stereocenters. The molecule has 0 aromatic rings. The molecule has 1 aliphatic heterocycles. The smallest absolute Gasteiger partial charge is 0.0660 e. The summed E-state index contributed by atoms with van der Waals surface area (Å²) in [5, 5.41) is 3.57. The van der Waals surface area contributed by atoms with Crippen LogP contribution < -0.4 is 11.1 Å². The Morgan fingerprint density at radius 2 is 2.15 bits per heavy atom. The van der Waals surface area contributed by atoms with Crippen molar-refractivity contribution >= 4 is 0 Å². The average molecular weight is 186 g/mol. The van der Waals surface area contributed by atoms with Crippen molar-refractivity contribution in [1.29, 1.82) is 0 Å². The minimum Gasteiger partial charge on any atom is -0.379 e. The SMILES string of the molecule is CC(C)(C)NC1(CN)CCCOC1. The number of hydrogen-bond donors (Lipinski definition) is 2. The van der Waals surface area contributed by atoms with Crippen LogP contribution in [0.2, 0.25) is 0 Å². The molecule has 0 aliphatic carbocycles. The van der Waals surface area contributed by atoms with Gasteiger partial charge in [-0.25, -0.2) is 0 Å². The van der Waals surface area contributed by atoms with E-state index in [1.807, 2.05) is 0 Å². The summed E-state index contributed by atoms with van der Waals surface area (Å²) in [5.41, 5.74) is 5.92. The third-order valence-corrected chi connectivity index (χ3v) is 2.35. The molecule has 0 radical (unpaired) electrons. The van der Waals surface area contributed by atoms with Crippen molar-refractivity contribution in [2.24, 2.45) is 5.73 Å². The predicted molar refractivity (Wildman–Crippen MR) is 54.7 cm³/mol. The molecule has 1 saturated heterocycles. The first-order chi connectivity index (χ1) is 5.97. The molecule has 0 spiro atoms. The molecule has 0 aromatic carbocycles. The van der Waals surface area contributed by atoms with Crippen molar-refractivity contribution in [2.45, 2.75) is 44.7 Å². The molecule has 13 heavy (non-hydrogen) atoms. The lowest BCUT2D eigenvalue weighted by Crippen LogP contribution is -2.62. The van der Waals surface area contributed by atoms with Gasteiger partial charge in [-0.1, -0.05) is 0 Å². The van der Waals surface area contributed by atoms with Crippen molar-refractivity contribution in [3.8, 4) is 0 Å². The van der Waals surface area contributed by atoms with Gasteiger partial charge in [-0.15, -0.1) is 0 Å². The molecular formula is C10H22N2O. The van der Waals surface area contributed by atoms with Crippen LogP contribution in [0.4, 0.5) is 0 Å². The highest BCUT2D eigenvalue weighted by Crippen LogP contribution is 2.21. The van der Waals surface area contributed by atoms with Gasteiger partial charge >= 0.3 is 0 Å². The summed E-state index contributed by atoms with van der Waals surface area (Å²) in [4.78, 5) is 0. The molecule has 1 heterocycles. The summed E-state index contributed by atoms with van der Waals surface area (Å²) in [6.07, 6.45) is 2.24. The molecule has 1 fully saturated rings. The highest BCUT2D eigenvalue weighted by molar-refractivity contribution is 4.95. The van der Waals surface area contributed by atoms with Crippen LogP contribution in [0.5, 0.6) is 0 Å². The molecule has 0 bridgehead atoms. The number of nitrogens with one attached hydrogen (secondary N) is 1. The summed E-state index contributed by atoms with van der Waals surface area (Å²) in [6.45, 7) is 8.79. The largest absolute Gasteiger partial charge is 0.379 e. The molecule has 1 rings (SSSR count). The number of rotatable bonds is 2. The standard InChI is InChI=1S/C10H22N2O/c1-9(2,3)12-10(7-11)5-4-6-13-8-10/h12H,4-8,11H2,1-3H3. The molecule has 0 saturated carbocycles. The van der Waals surface area contributed by atoms with E-state index in [2.05, 4.69) is 26.1 Å². The lowest BCUT2D eigenvalue weighted by Gasteiger charge is -2.42. The highest BCUT2D eigenvalue weighted by atomic mass is 16.5. The first-order valence-corrected chi connectivity index (χ1v) is 5.05. The van der Waals surface area contributed by atoms with Crippen molar-refractivity contribution in [2.75, 3.05) is 19.8 Å². The Bertz CT molecular complexity index is 157. The maximum atomic E-state index is 5.80. The lowest BCUT2D eigenvalue weighted by molar-refractivity contribution is 0.0127. The van der Waals surface area contributed by atoms with Crippen LogP contribution in [0.3, 0.4) is 0 Å². The highest BCUT2D eigenvalue weighted by Gasteiger charge is 2.34. The minimum atomic E-state index is 0.0104. The second-order valence-corrected chi connectivity index (χ2v) is 5.02. The zero-order chi connectivity index (χ0) is 9.95. The van der Waals surface area contributed by atoms with Crippen molar-refractivity contribution < 1.29 is 4.74 Å². The third kappa shape index (κ3) is 3.25. The molecule has 3 nitrogen and oxygen atoms in total. The van der Waals surface area contributed by atoms with Crippen LogP contribution in [-0.2, 0) is 4.74 Å². The molecule has 1 aliphatic rings. The van der Waals surface area contributed by atoms with Crippen LogP contribution >= 0.6 is 0 Å². The Hall–Kier alpha value is -0.120. The average Bonchev–Trinajstić information content (AvgIpc) is 2.03. The molecule has 0 aromatic heterocycles. The maximum Gasteiger partial charge on any atom is 0.0660 e. The Morgan fingerprint density at radius 1 is 1.46 bits per heavy atom. The van der Waals surface area contributed by atoms with Gasteiger partial charge in [0, 0.05) is 18.7 Å². The summed E-state index contributed by atoms with van der Waals surface area (Å²) < 4.78 is 5.48. The van der Waals surface area contributed by atoms with Crippen molar-refractivity contribution in [3.63, 3.8) is 0 Å². The summed E-state index contributed by atoms with van der Waals surface area (Å²) in [5.74, 6) is 0. The fourth-order valence-electron chi connectivity index (χ4n) is 1.96. The number of hydrogen-bond acceptors (Lipinski definition) is 3. The Morgan fingerprint density at radius 3 is 2.54 bits per heavy atom. The van der Waals surface area contributed by atoms with Crippen LogP contribution in [0, 0.1) is 0 Å². The molecule has 78 valence electrons. The number of nitrogens with two attached hydrogens (primary N) is 1. The first kappa shape index (κ1) is 11.0. The van der Waals surface area contributed by atoms with E-state index in [1.165, 1.54) is 0 Å². The van der Waals surface area contributed by atoms with E-state index in [-0.39, 0.29) is 11.1 Å². The van der Waals surface area contributed by atoms with Crippen LogP contribution in [0.15, 0.2) is 0 Å². The van der Waals surface area contributed by atoms with E-state index < -0.39 is 0 Å². The summed E-state index contributed by atoms with van der Waals surface area (Å²) in [6, 6.07) is 0. The molecule has 0 amide bonds. The monoisotopic (exact) mass is 186 g/mol. The third-order valence-electron chi connectivity index (χ3n) is 2.35. The zero-order valence-electron chi connectivity index (χ0n) is 9.02. The van der Waals surface area contributed by atoms with E-state index in [4.69, 9.17) is 10.5 Å². The summed E-state index contributed by atoms with van der Waals surface area (Å²) >= 11 is 0. The minimum absolute atomic E-state index is 0.0104. The normalized spacial score (nSPS) is 30.5. The van der Waals surface area contributed by atoms with Gasteiger partial charge in [-0.3, -0.25) is 0 Å². The van der Waals surface area contributed by atoms with E-state index in [0.29, 0.717) is 6.54 Å².